The second-order valence-electron chi connectivity index (χ2n) is 5.48. The molecule has 0 N–H and O–H groups in total. The van der Waals surface area contributed by atoms with Crippen LogP contribution < -0.4 is 9.64 Å². The van der Waals surface area contributed by atoms with Crippen molar-refractivity contribution in [3.63, 3.8) is 0 Å². The van der Waals surface area contributed by atoms with E-state index in [4.69, 9.17) is 14.1 Å². The van der Waals surface area contributed by atoms with Crippen LogP contribution in [0.1, 0.15) is 22.4 Å². The summed E-state index contributed by atoms with van der Waals surface area (Å²) in [6.45, 7) is 2.83. The third-order valence-corrected chi connectivity index (χ3v) is 5.67. The molecule has 3 aromatic heterocycles. The minimum atomic E-state index is -0.0894. The summed E-state index contributed by atoms with van der Waals surface area (Å²) in [4.78, 5) is 20.1. The van der Waals surface area contributed by atoms with Gasteiger partial charge in [-0.1, -0.05) is 23.5 Å². The number of furan rings is 1. The number of hydrogen-bond acceptors (Lipinski definition) is 6. The Balaban J connectivity index is 1.76. The summed E-state index contributed by atoms with van der Waals surface area (Å²) in [5.74, 6) is 1.35. The first kappa shape index (κ1) is 16.8. The lowest BCUT2D eigenvalue weighted by molar-refractivity contribution is 0.0987. The van der Waals surface area contributed by atoms with E-state index in [0.29, 0.717) is 28.9 Å². The number of aromatic nitrogens is 1. The Bertz CT molecular complexity index is 1010. The molecule has 3 heterocycles. The fourth-order valence-corrected chi connectivity index (χ4v) is 4.27. The Morgan fingerprint density at radius 2 is 2.15 bits per heavy atom. The van der Waals surface area contributed by atoms with E-state index in [0.717, 1.165) is 16.0 Å². The Morgan fingerprint density at radius 1 is 1.23 bits per heavy atom. The molecule has 5 nitrogen and oxygen atoms in total. The van der Waals surface area contributed by atoms with E-state index in [1.807, 2.05) is 54.8 Å². The largest absolute Gasteiger partial charge is 0.492 e. The Kier molecular flexibility index (Phi) is 4.73. The zero-order valence-electron chi connectivity index (χ0n) is 14.0. The molecule has 0 saturated carbocycles. The van der Waals surface area contributed by atoms with Crippen molar-refractivity contribution < 1.29 is 13.9 Å². The van der Waals surface area contributed by atoms with Crippen molar-refractivity contribution in [3.8, 4) is 5.75 Å². The summed E-state index contributed by atoms with van der Waals surface area (Å²) < 4.78 is 12.1. The van der Waals surface area contributed by atoms with Gasteiger partial charge in [-0.05, 0) is 42.6 Å². The number of fused-ring (bicyclic) bond motifs is 1. The number of thiazole rings is 1. The minimum Gasteiger partial charge on any atom is -0.492 e. The lowest BCUT2D eigenvalue weighted by Gasteiger charge is -2.17. The van der Waals surface area contributed by atoms with Crippen LogP contribution in [0.25, 0.3) is 10.2 Å². The highest BCUT2D eigenvalue weighted by Crippen LogP contribution is 2.35. The Morgan fingerprint density at radius 3 is 2.88 bits per heavy atom. The summed E-state index contributed by atoms with van der Waals surface area (Å²) in [5, 5.41) is 2.52. The smallest absolute Gasteiger partial charge is 0.270 e. The second kappa shape index (κ2) is 7.31. The standard InChI is InChI=1S/C19H16N2O3S2/c1-2-23-14-7-3-8-15-17(14)20-19(26-15)21(12-13-6-4-10-24-13)18(22)16-9-5-11-25-16/h3-11H,2,12H2,1H3. The highest BCUT2D eigenvalue weighted by molar-refractivity contribution is 7.22. The first-order chi connectivity index (χ1) is 12.8. The minimum absolute atomic E-state index is 0.0894. The van der Waals surface area contributed by atoms with Gasteiger partial charge in [0.1, 0.15) is 17.0 Å². The molecular weight excluding hydrogens is 368 g/mol. The van der Waals surface area contributed by atoms with Crippen LogP contribution in [-0.2, 0) is 6.54 Å². The summed E-state index contributed by atoms with van der Waals surface area (Å²) in [6, 6.07) is 13.2. The van der Waals surface area contributed by atoms with Crippen LogP contribution in [-0.4, -0.2) is 17.5 Å². The summed E-state index contributed by atoms with van der Waals surface area (Å²) >= 11 is 2.88. The van der Waals surface area contributed by atoms with Gasteiger partial charge in [0, 0.05) is 0 Å². The Hall–Kier alpha value is -2.64. The molecule has 0 unspecified atom stereocenters. The number of carbonyl (C=O) groups excluding carboxylic acids is 1. The zero-order valence-corrected chi connectivity index (χ0v) is 15.7. The summed E-state index contributed by atoms with van der Waals surface area (Å²) in [6.07, 6.45) is 1.61. The van der Waals surface area contributed by atoms with Gasteiger partial charge >= 0.3 is 0 Å². The van der Waals surface area contributed by atoms with Gasteiger partial charge < -0.3 is 9.15 Å². The van der Waals surface area contributed by atoms with Crippen LogP contribution in [0, 0.1) is 0 Å². The molecule has 0 aliphatic rings. The van der Waals surface area contributed by atoms with E-state index < -0.39 is 0 Å². The lowest BCUT2D eigenvalue weighted by atomic mass is 10.3. The molecule has 4 rings (SSSR count). The summed E-state index contributed by atoms with van der Waals surface area (Å²) in [7, 11) is 0. The maximum atomic E-state index is 13.1. The van der Waals surface area contributed by atoms with Crippen molar-refractivity contribution >= 4 is 43.9 Å². The first-order valence-corrected chi connectivity index (χ1v) is 9.86. The van der Waals surface area contributed by atoms with E-state index in [-0.39, 0.29) is 5.91 Å². The number of para-hydroxylation sites is 1. The predicted octanol–water partition coefficient (Wildman–Crippen LogP) is 5.20. The van der Waals surface area contributed by atoms with Crippen molar-refractivity contribution in [1.82, 2.24) is 4.98 Å². The van der Waals surface area contributed by atoms with Gasteiger partial charge in [0.2, 0.25) is 0 Å². The zero-order chi connectivity index (χ0) is 17.9. The molecule has 0 aliphatic carbocycles. The molecule has 0 atom stereocenters. The number of ether oxygens (including phenoxy) is 1. The number of amides is 1. The molecule has 4 aromatic rings. The Labute approximate surface area is 158 Å². The van der Waals surface area contributed by atoms with Gasteiger partial charge in [-0.15, -0.1) is 11.3 Å². The van der Waals surface area contributed by atoms with Crippen molar-refractivity contribution in [1.29, 1.82) is 0 Å². The molecule has 0 saturated heterocycles. The highest BCUT2D eigenvalue weighted by atomic mass is 32.1. The molecule has 26 heavy (non-hydrogen) atoms. The number of carbonyl (C=O) groups is 1. The molecule has 7 heteroatoms. The molecule has 132 valence electrons. The van der Waals surface area contributed by atoms with E-state index in [1.54, 1.807) is 11.2 Å². The molecule has 0 spiro atoms. The molecule has 0 bridgehead atoms. The van der Waals surface area contributed by atoms with Gasteiger partial charge in [0.25, 0.3) is 5.91 Å². The van der Waals surface area contributed by atoms with Gasteiger partial charge in [0.15, 0.2) is 5.13 Å². The van der Waals surface area contributed by atoms with E-state index in [2.05, 4.69) is 0 Å². The molecule has 1 aromatic carbocycles. The van der Waals surface area contributed by atoms with Gasteiger partial charge in [-0.25, -0.2) is 4.98 Å². The SMILES string of the molecule is CCOc1cccc2sc(N(Cc3ccco3)C(=O)c3cccs3)nc12. The van der Waals surface area contributed by atoms with Crippen LogP contribution in [0.15, 0.2) is 58.5 Å². The van der Waals surface area contributed by atoms with Crippen LogP contribution in [0.4, 0.5) is 5.13 Å². The first-order valence-electron chi connectivity index (χ1n) is 8.16. The van der Waals surface area contributed by atoms with Crippen molar-refractivity contribution in [2.75, 3.05) is 11.5 Å². The van der Waals surface area contributed by atoms with Gasteiger partial charge in [0.05, 0.1) is 29.0 Å². The second-order valence-corrected chi connectivity index (χ2v) is 7.44. The van der Waals surface area contributed by atoms with Crippen LogP contribution in [0.5, 0.6) is 5.75 Å². The van der Waals surface area contributed by atoms with Crippen molar-refractivity contribution in [2.45, 2.75) is 13.5 Å². The molecule has 0 fully saturated rings. The molecule has 0 aliphatic heterocycles. The van der Waals surface area contributed by atoms with Gasteiger partial charge in [-0.2, -0.15) is 0 Å². The highest BCUT2D eigenvalue weighted by Gasteiger charge is 2.24. The fraction of sp³-hybridized carbons (Fsp3) is 0.158. The number of rotatable bonds is 6. The predicted molar refractivity (Wildman–Crippen MR) is 104 cm³/mol. The molecular formula is C19H16N2O3S2. The number of thiophene rings is 1. The molecule has 0 radical (unpaired) electrons. The quantitative estimate of drug-likeness (QED) is 0.459. The van der Waals surface area contributed by atoms with Crippen LogP contribution in [0.2, 0.25) is 0 Å². The van der Waals surface area contributed by atoms with Crippen LogP contribution in [0.3, 0.4) is 0 Å². The number of hydrogen-bond donors (Lipinski definition) is 0. The normalized spacial score (nSPS) is 11.0. The topological polar surface area (TPSA) is 55.6 Å². The van der Waals surface area contributed by atoms with E-state index >= 15 is 0 Å². The van der Waals surface area contributed by atoms with Gasteiger partial charge in [-0.3, -0.25) is 9.69 Å². The summed E-state index contributed by atoms with van der Waals surface area (Å²) in [5.41, 5.74) is 0.776. The van der Waals surface area contributed by atoms with Crippen LogP contribution >= 0.6 is 22.7 Å². The van der Waals surface area contributed by atoms with E-state index in [1.165, 1.54) is 22.7 Å². The number of nitrogens with zero attached hydrogens (tertiary/aromatic N) is 2. The monoisotopic (exact) mass is 384 g/mol. The average Bonchev–Trinajstić information content (AvgIpc) is 3.40. The maximum Gasteiger partial charge on any atom is 0.270 e. The number of benzene rings is 1. The third-order valence-electron chi connectivity index (χ3n) is 3.77. The molecule has 1 amide bonds. The average molecular weight is 384 g/mol. The van der Waals surface area contributed by atoms with E-state index in [9.17, 15) is 4.79 Å². The van der Waals surface area contributed by atoms with Crippen molar-refractivity contribution in [2.24, 2.45) is 0 Å². The fourth-order valence-electron chi connectivity index (χ4n) is 2.62. The number of anilines is 1. The van der Waals surface area contributed by atoms with Crippen molar-refractivity contribution in [3.05, 3.63) is 64.7 Å². The third kappa shape index (κ3) is 3.23. The maximum absolute atomic E-state index is 13.1. The lowest BCUT2D eigenvalue weighted by Crippen LogP contribution is -2.29.